The van der Waals surface area contributed by atoms with E-state index in [1.54, 1.807) is 42.5 Å². The van der Waals surface area contributed by atoms with Gasteiger partial charge in [0.2, 0.25) is 5.39 Å². The summed E-state index contributed by atoms with van der Waals surface area (Å²) >= 11 is 0. The van der Waals surface area contributed by atoms with Crippen LogP contribution >= 0.6 is 0 Å². The molecule has 4 aromatic rings. The third-order valence-corrected chi connectivity index (χ3v) is 5.99. The average Bonchev–Trinajstić information content (AvgIpc) is 2.79. The molecule has 0 aliphatic rings. The Kier molecular flexibility index (Phi) is 5.11. The lowest BCUT2D eigenvalue weighted by Gasteiger charge is -2.14. The molecular weight excluding hydrogens is 416 g/mol. The first-order chi connectivity index (χ1) is 14.9. The van der Waals surface area contributed by atoms with Gasteiger partial charge in [0.15, 0.2) is 16.5 Å². The molecule has 0 radical (unpaired) electrons. The van der Waals surface area contributed by atoms with Crippen molar-refractivity contribution in [2.75, 3.05) is 0 Å². The van der Waals surface area contributed by atoms with E-state index in [0.29, 0.717) is 5.56 Å². The summed E-state index contributed by atoms with van der Waals surface area (Å²) in [6.07, 6.45) is 0. The van der Waals surface area contributed by atoms with Crippen LogP contribution in [0.25, 0.3) is 15.7 Å². The molecule has 8 heteroatoms. The zero-order valence-electron chi connectivity index (χ0n) is 15.9. The number of fused-ring (bicyclic) bond motifs is 1. The minimum Gasteiger partial charge on any atom is -0.867 e. The van der Waals surface area contributed by atoms with E-state index in [1.807, 2.05) is 0 Å². The topological polar surface area (TPSA) is 112 Å². The van der Waals surface area contributed by atoms with Crippen molar-refractivity contribution in [2.24, 2.45) is 0 Å². The van der Waals surface area contributed by atoms with Crippen molar-refractivity contribution in [1.29, 1.82) is 5.39 Å². The minimum absolute atomic E-state index is 0.0635. The van der Waals surface area contributed by atoms with E-state index in [9.17, 15) is 18.3 Å². The summed E-state index contributed by atoms with van der Waals surface area (Å²) in [5.74, 6) is -1.13. The van der Waals surface area contributed by atoms with Crippen LogP contribution in [0.2, 0.25) is 0 Å². The molecule has 0 unspecified atom stereocenters. The van der Waals surface area contributed by atoms with Crippen molar-refractivity contribution in [3.05, 3.63) is 101 Å². The number of nitrogens with zero attached hydrogens (tertiary/aromatic N) is 2. The SMILES string of the molecule is N#[N+]c1ccc2c(S(=O)(=O)Oc3ccccc3C(=O)c3ccccc3)cccc2c1[O-]. The van der Waals surface area contributed by atoms with Crippen LogP contribution in [0.5, 0.6) is 11.5 Å². The zero-order valence-corrected chi connectivity index (χ0v) is 16.7. The van der Waals surface area contributed by atoms with Gasteiger partial charge in [0.1, 0.15) is 4.90 Å². The predicted octanol–water partition coefficient (Wildman–Crippen LogP) is 4.40. The molecule has 0 aliphatic heterocycles. The van der Waals surface area contributed by atoms with Crippen LogP contribution in [0.1, 0.15) is 15.9 Å². The fourth-order valence-corrected chi connectivity index (χ4v) is 4.39. The maximum absolute atomic E-state index is 13.1. The van der Waals surface area contributed by atoms with Gasteiger partial charge in [-0.15, -0.1) is 0 Å². The summed E-state index contributed by atoms with van der Waals surface area (Å²) in [7, 11) is -4.40. The third kappa shape index (κ3) is 3.70. The molecular formula is C23H14N2O5S. The molecule has 0 saturated heterocycles. The number of hydrogen-bond donors (Lipinski definition) is 0. The highest BCUT2D eigenvalue weighted by atomic mass is 32.2. The number of benzene rings is 4. The molecule has 152 valence electrons. The lowest BCUT2D eigenvalue weighted by molar-refractivity contribution is -0.264. The van der Waals surface area contributed by atoms with Crippen molar-refractivity contribution < 1.29 is 22.5 Å². The van der Waals surface area contributed by atoms with E-state index in [4.69, 9.17) is 9.58 Å². The van der Waals surface area contributed by atoms with Gasteiger partial charge in [-0.25, -0.2) is 0 Å². The number of ketones is 1. The largest absolute Gasteiger partial charge is 0.867 e. The molecule has 4 aromatic carbocycles. The van der Waals surface area contributed by atoms with E-state index in [0.717, 1.165) is 0 Å². The maximum Gasteiger partial charge on any atom is 0.378 e. The molecule has 0 N–H and O–H groups in total. The van der Waals surface area contributed by atoms with Crippen LogP contribution in [0.15, 0.2) is 89.8 Å². The molecule has 0 amide bonds. The Labute approximate surface area is 177 Å². The summed E-state index contributed by atoms with van der Waals surface area (Å²) in [6.45, 7) is 0. The summed E-state index contributed by atoms with van der Waals surface area (Å²) in [5, 5.41) is 21.5. The zero-order chi connectivity index (χ0) is 22.0. The molecule has 0 saturated carbocycles. The van der Waals surface area contributed by atoms with Gasteiger partial charge in [-0.3, -0.25) is 4.79 Å². The standard InChI is InChI=1S/C23H14N2O5S/c24-25-19-14-13-16-17(23(19)27)10-6-12-21(16)31(28,29)30-20-11-5-4-9-18(20)22(26)15-7-2-1-3-8-15/h1-14H. The van der Waals surface area contributed by atoms with Crippen LogP contribution in [0.4, 0.5) is 5.69 Å². The Balaban J connectivity index is 1.79. The normalized spacial score (nSPS) is 11.1. The second-order valence-corrected chi connectivity index (χ2v) is 8.11. The van der Waals surface area contributed by atoms with E-state index in [1.165, 1.54) is 42.5 Å². The highest BCUT2D eigenvalue weighted by Crippen LogP contribution is 2.36. The first kappa shape index (κ1) is 20.1. The van der Waals surface area contributed by atoms with Crippen molar-refractivity contribution >= 4 is 32.4 Å². The minimum atomic E-state index is -4.40. The Morgan fingerprint density at radius 1 is 0.839 bits per heavy atom. The van der Waals surface area contributed by atoms with Crippen molar-refractivity contribution in [3.63, 3.8) is 0 Å². The number of rotatable bonds is 5. The molecule has 4 rings (SSSR count). The predicted molar refractivity (Wildman–Crippen MR) is 112 cm³/mol. The van der Waals surface area contributed by atoms with Crippen LogP contribution in [0, 0.1) is 5.39 Å². The fourth-order valence-electron chi connectivity index (χ4n) is 3.22. The summed E-state index contributed by atoms with van der Waals surface area (Å²) in [6, 6.07) is 21.2. The van der Waals surface area contributed by atoms with Gasteiger partial charge in [-0.1, -0.05) is 54.6 Å². The van der Waals surface area contributed by atoms with Crippen LogP contribution < -0.4 is 9.29 Å². The number of carbonyl (C=O) groups is 1. The Bertz CT molecular complexity index is 1460. The van der Waals surface area contributed by atoms with Gasteiger partial charge in [-0.2, -0.15) is 8.42 Å². The molecule has 0 heterocycles. The lowest BCUT2D eigenvalue weighted by atomic mass is 10.0. The average molecular weight is 430 g/mol. The van der Waals surface area contributed by atoms with Crippen LogP contribution in [-0.4, -0.2) is 14.2 Å². The second-order valence-electron chi connectivity index (χ2n) is 6.59. The Morgan fingerprint density at radius 3 is 2.29 bits per heavy atom. The van der Waals surface area contributed by atoms with Gasteiger partial charge < -0.3 is 9.29 Å². The van der Waals surface area contributed by atoms with E-state index >= 15 is 0 Å². The lowest BCUT2D eigenvalue weighted by Crippen LogP contribution is -2.13. The molecule has 0 aliphatic carbocycles. The Morgan fingerprint density at radius 2 is 1.55 bits per heavy atom. The number of para-hydroxylation sites is 1. The quantitative estimate of drug-likeness (QED) is 0.264. The highest BCUT2D eigenvalue weighted by molar-refractivity contribution is 7.87. The molecule has 0 aromatic heterocycles. The van der Waals surface area contributed by atoms with Gasteiger partial charge in [0.25, 0.3) is 0 Å². The van der Waals surface area contributed by atoms with Gasteiger partial charge in [0.05, 0.1) is 5.56 Å². The van der Waals surface area contributed by atoms with E-state index in [-0.39, 0.29) is 38.5 Å². The van der Waals surface area contributed by atoms with Crippen molar-refractivity contribution in [2.45, 2.75) is 4.90 Å². The molecule has 0 bridgehead atoms. The van der Waals surface area contributed by atoms with Gasteiger partial charge in [-0.05, 0) is 35.4 Å². The van der Waals surface area contributed by atoms with Crippen LogP contribution in [-0.2, 0) is 10.1 Å². The third-order valence-electron chi connectivity index (χ3n) is 4.70. The molecule has 7 nitrogen and oxygen atoms in total. The van der Waals surface area contributed by atoms with Crippen molar-refractivity contribution in [3.8, 4) is 11.5 Å². The van der Waals surface area contributed by atoms with Crippen LogP contribution in [0.3, 0.4) is 0 Å². The summed E-state index contributed by atoms with van der Waals surface area (Å²) in [5.41, 5.74) is 0.266. The van der Waals surface area contributed by atoms with E-state index < -0.39 is 15.9 Å². The summed E-state index contributed by atoms with van der Waals surface area (Å²) in [4.78, 5) is 15.5. The second kappa shape index (κ2) is 7.89. The number of diazo groups is 1. The van der Waals surface area contributed by atoms with Gasteiger partial charge in [0, 0.05) is 17.0 Å². The summed E-state index contributed by atoms with van der Waals surface area (Å²) < 4.78 is 31.5. The molecule has 31 heavy (non-hydrogen) atoms. The Hall–Kier alpha value is -4.22. The number of hydrogen-bond acceptors (Lipinski definition) is 6. The fraction of sp³-hybridized carbons (Fsp3) is 0. The first-order valence-corrected chi connectivity index (χ1v) is 10.5. The van der Waals surface area contributed by atoms with Gasteiger partial charge >= 0.3 is 15.8 Å². The molecule has 0 atom stereocenters. The molecule has 0 spiro atoms. The van der Waals surface area contributed by atoms with Crippen molar-refractivity contribution in [1.82, 2.24) is 0 Å². The smallest absolute Gasteiger partial charge is 0.378 e. The number of carbonyl (C=O) groups excluding carboxylic acids is 1. The molecule has 0 fully saturated rings. The highest BCUT2D eigenvalue weighted by Gasteiger charge is 2.24. The monoisotopic (exact) mass is 430 g/mol. The van der Waals surface area contributed by atoms with E-state index in [2.05, 4.69) is 4.98 Å². The maximum atomic E-state index is 13.1. The first-order valence-electron chi connectivity index (χ1n) is 9.13.